The van der Waals surface area contributed by atoms with Gasteiger partial charge in [0.15, 0.2) is 0 Å². The molecule has 1 saturated carbocycles. The molecule has 1 aromatic rings. The van der Waals surface area contributed by atoms with Crippen LogP contribution in [-0.2, 0) is 13.0 Å². The van der Waals surface area contributed by atoms with Gasteiger partial charge < -0.3 is 10.6 Å². The Morgan fingerprint density at radius 2 is 2.19 bits per heavy atom. The molecule has 0 spiro atoms. The molecule has 1 aliphatic carbocycles. The molecule has 0 radical (unpaired) electrons. The number of hydrogen-bond donors (Lipinski definition) is 2. The SMILES string of the molecule is CNCCc1ccc(Cl)c(CNC2CC2)c1. The van der Waals surface area contributed by atoms with Crippen molar-refractivity contribution in [1.82, 2.24) is 10.6 Å². The van der Waals surface area contributed by atoms with E-state index in [2.05, 4.69) is 22.8 Å². The number of rotatable bonds is 6. The number of benzene rings is 1. The molecule has 16 heavy (non-hydrogen) atoms. The largest absolute Gasteiger partial charge is 0.319 e. The maximum Gasteiger partial charge on any atom is 0.0451 e. The fourth-order valence-electron chi connectivity index (χ4n) is 1.73. The van der Waals surface area contributed by atoms with Gasteiger partial charge in [-0.2, -0.15) is 0 Å². The standard InChI is InChI=1S/C13H19ClN2/c1-15-7-6-10-2-5-13(14)11(8-10)9-16-12-3-4-12/h2,5,8,12,15-16H,3-4,6-7,9H2,1H3. The molecule has 0 amide bonds. The molecule has 0 unspecified atom stereocenters. The highest BCUT2D eigenvalue weighted by Gasteiger charge is 2.20. The Morgan fingerprint density at radius 3 is 2.88 bits per heavy atom. The van der Waals surface area contributed by atoms with Gasteiger partial charge in [-0.25, -0.2) is 0 Å². The van der Waals surface area contributed by atoms with Crippen LogP contribution in [0.2, 0.25) is 5.02 Å². The third kappa shape index (κ3) is 3.48. The highest BCUT2D eigenvalue weighted by atomic mass is 35.5. The molecule has 0 aliphatic heterocycles. The quantitative estimate of drug-likeness (QED) is 0.795. The van der Waals surface area contributed by atoms with Gasteiger partial charge in [0, 0.05) is 17.6 Å². The van der Waals surface area contributed by atoms with Crippen LogP contribution in [0.15, 0.2) is 18.2 Å². The minimum Gasteiger partial charge on any atom is -0.319 e. The lowest BCUT2D eigenvalue weighted by Gasteiger charge is -2.08. The lowest BCUT2D eigenvalue weighted by atomic mass is 10.1. The molecule has 1 aliphatic rings. The summed E-state index contributed by atoms with van der Waals surface area (Å²) in [6.07, 6.45) is 3.69. The van der Waals surface area contributed by atoms with Crippen LogP contribution in [0.3, 0.4) is 0 Å². The summed E-state index contributed by atoms with van der Waals surface area (Å²) < 4.78 is 0. The van der Waals surface area contributed by atoms with E-state index in [1.54, 1.807) is 0 Å². The van der Waals surface area contributed by atoms with Crippen LogP contribution in [0, 0.1) is 0 Å². The summed E-state index contributed by atoms with van der Waals surface area (Å²) in [7, 11) is 1.98. The second kappa shape index (κ2) is 5.67. The maximum absolute atomic E-state index is 6.18. The van der Waals surface area contributed by atoms with Crippen LogP contribution in [-0.4, -0.2) is 19.6 Å². The minimum absolute atomic E-state index is 0.733. The highest BCUT2D eigenvalue weighted by Crippen LogP contribution is 2.22. The maximum atomic E-state index is 6.18. The van der Waals surface area contributed by atoms with Gasteiger partial charge in [0.1, 0.15) is 0 Å². The molecule has 2 N–H and O–H groups in total. The zero-order valence-electron chi connectivity index (χ0n) is 9.72. The van der Waals surface area contributed by atoms with Gasteiger partial charge in [-0.15, -0.1) is 0 Å². The summed E-state index contributed by atoms with van der Waals surface area (Å²) in [6, 6.07) is 7.07. The van der Waals surface area contributed by atoms with Gasteiger partial charge in [0.2, 0.25) is 0 Å². The van der Waals surface area contributed by atoms with Gasteiger partial charge in [0.05, 0.1) is 0 Å². The van der Waals surface area contributed by atoms with Crippen LogP contribution in [0.25, 0.3) is 0 Å². The zero-order valence-corrected chi connectivity index (χ0v) is 10.5. The van der Waals surface area contributed by atoms with Crippen molar-refractivity contribution in [2.45, 2.75) is 31.8 Å². The minimum atomic E-state index is 0.733. The Balaban J connectivity index is 1.96. The molecule has 0 bridgehead atoms. The first-order valence-electron chi connectivity index (χ1n) is 5.95. The van der Waals surface area contributed by atoms with Crippen molar-refractivity contribution in [1.29, 1.82) is 0 Å². The number of nitrogens with one attached hydrogen (secondary N) is 2. The smallest absolute Gasteiger partial charge is 0.0451 e. The van der Waals surface area contributed by atoms with Crippen LogP contribution >= 0.6 is 11.6 Å². The highest BCUT2D eigenvalue weighted by molar-refractivity contribution is 6.31. The first kappa shape index (κ1) is 11.9. The molecule has 0 heterocycles. The first-order valence-corrected chi connectivity index (χ1v) is 6.32. The van der Waals surface area contributed by atoms with Crippen molar-refractivity contribution in [3.05, 3.63) is 34.3 Å². The summed E-state index contributed by atoms with van der Waals surface area (Å²) in [6.45, 7) is 1.91. The van der Waals surface area contributed by atoms with E-state index >= 15 is 0 Å². The molecule has 0 saturated heterocycles. The van der Waals surface area contributed by atoms with E-state index < -0.39 is 0 Å². The summed E-state index contributed by atoms with van der Waals surface area (Å²) in [5, 5.41) is 7.54. The van der Waals surface area contributed by atoms with Gasteiger partial charge in [-0.1, -0.05) is 23.7 Å². The molecule has 3 heteroatoms. The summed E-state index contributed by atoms with van der Waals surface area (Å²) in [5.74, 6) is 0. The van der Waals surface area contributed by atoms with E-state index in [0.717, 1.165) is 30.6 Å². The van der Waals surface area contributed by atoms with Gasteiger partial charge in [-0.3, -0.25) is 0 Å². The van der Waals surface area contributed by atoms with E-state index in [9.17, 15) is 0 Å². The van der Waals surface area contributed by atoms with Crippen LogP contribution in [0.4, 0.5) is 0 Å². The fraction of sp³-hybridized carbons (Fsp3) is 0.538. The molecule has 88 valence electrons. The topological polar surface area (TPSA) is 24.1 Å². The summed E-state index contributed by atoms with van der Waals surface area (Å²) >= 11 is 6.18. The average molecular weight is 239 g/mol. The predicted octanol–water partition coefficient (Wildman–Crippen LogP) is 2.35. The van der Waals surface area contributed by atoms with Crippen molar-refractivity contribution in [3.63, 3.8) is 0 Å². The third-order valence-corrected chi connectivity index (χ3v) is 3.30. The number of halogens is 1. The molecule has 1 aromatic carbocycles. The second-order valence-corrected chi connectivity index (χ2v) is 4.84. The molecule has 0 atom stereocenters. The van der Waals surface area contributed by atoms with Crippen molar-refractivity contribution in [2.24, 2.45) is 0 Å². The van der Waals surface area contributed by atoms with Crippen LogP contribution < -0.4 is 10.6 Å². The molecule has 2 rings (SSSR count). The number of likely N-dealkylation sites (N-methyl/N-ethyl adjacent to an activating group) is 1. The van der Waals surface area contributed by atoms with Crippen LogP contribution in [0.5, 0.6) is 0 Å². The Morgan fingerprint density at radius 1 is 1.38 bits per heavy atom. The second-order valence-electron chi connectivity index (χ2n) is 4.43. The Labute approximate surface area is 102 Å². The molecule has 2 nitrogen and oxygen atoms in total. The van der Waals surface area contributed by atoms with Gasteiger partial charge in [-0.05, 0) is 50.0 Å². The lowest BCUT2D eigenvalue weighted by Crippen LogP contribution is -2.16. The van der Waals surface area contributed by atoms with E-state index in [0.29, 0.717) is 0 Å². The van der Waals surface area contributed by atoms with Gasteiger partial charge >= 0.3 is 0 Å². The lowest BCUT2D eigenvalue weighted by molar-refractivity contribution is 0.686. The van der Waals surface area contributed by atoms with Gasteiger partial charge in [0.25, 0.3) is 0 Å². The van der Waals surface area contributed by atoms with Crippen molar-refractivity contribution in [3.8, 4) is 0 Å². The zero-order chi connectivity index (χ0) is 11.4. The Bertz CT molecular complexity index is 348. The van der Waals surface area contributed by atoms with E-state index in [4.69, 9.17) is 11.6 Å². The Kier molecular flexibility index (Phi) is 4.22. The fourth-order valence-corrected chi connectivity index (χ4v) is 1.91. The molecular weight excluding hydrogens is 220 g/mol. The first-order chi connectivity index (χ1) is 7.79. The summed E-state index contributed by atoms with van der Waals surface area (Å²) in [4.78, 5) is 0. The predicted molar refractivity (Wildman–Crippen MR) is 68.9 cm³/mol. The Hall–Kier alpha value is -0.570. The molecule has 0 aromatic heterocycles. The average Bonchev–Trinajstić information content (AvgIpc) is 3.10. The third-order valence-electron chi connectivity index (χ3n) is 2.93. The van der Waals surface area contributed by atoms with Crippen molar-refractivity contribution in [2.75, 3.05) is 13.6 Å². The number of hydrogen-bond acceptors (Lipinski definition) is 2. The van der Waals surface area contributed by atoms with E-state index in [-0.39, 0.29) is 0 Å². The molecule has 1 fully saturated rings. The van der Waals surface area contributed by atoms with E-state index in [1.807, 2.05) is 13.1 Å². The van der Waals surface area contributed by atoms with Crippen molar-refractivity contribution >= 4 is 11.6 Å². The van der Waals surface area contributed by atoms with Crippen molar-refractivity contribution < 1.29 is 0 Å². The normalized spacial score (nSPS) is 15.4. The van der Waals surface area contributed by atoms with Crippen LogP contribution in [0.1, 0.15) is 24.0 Å². The molecular formula is C13H19ClN2. The van der Waals surface area contributed by atoms with E-state index in [1.165, 1.54) is 24.0 Å². The monoisotopic (exact) mass is 238 g/mol. The summed E-state index contributed by atoms with van der Waals surface area (Å²) in [5.41, 5.74) is 2.58.